The van der Waals surface area contributed by atoms with Crippen molar-refractivity contribution in [2.24, 2.45) is 0 Å². The average molecular weight is 314 g/mol. The van der Waals surface area contributed by atoms with Gasteiger partial charge in [0, 0.05) is 13.1 Å². The Morgan fingerprint density at radius 1 is 1.38 bits per heavy atom. The summed E-state index contributed by atoms with van der Waals surface area (Å²) in [6, 6.07) is 0. The summed E-state index contributed by atoms with van der Waals surface area (Å²) in [6.45, 7) is 2.88. The van der Waals surface area contributed by atoms with Crippen LogP contribution in [0, 0.1) is 17.0 Å². The number of aryl methyl sites for hydroxylation is 1. The van der Waals surface area contributed by atoms with E-state index in [4.69, 9.17) is 11.6 Å². The van der Waals surface area contributed by atoms with Crippen LogP contribution in [-0.4, -0.2) is 45.3 Å². The molecule has 0 saturated carbocycles. The molecule has 1 saturated heterocycles. The van der Waals surface area contributed by atoms with Crippen molar-refractivity contribution < 1.29 is 9.72 Å². The third kappa shape index (κ3) is 3.78. The Morgan fingerprint density at radius 3 is 2.67 bits per heavy atom. The van der Waals surface area contributed by atoms with Gasteiger partial charge in [0.05, 0.1) is 11.5 Å². The maximum absolute atomic E-state index is 12.0. The van der Waals surface area contributed by atoms with Crippen LogP contribution in [0.4, 0.5) is 11.5 Å². The summed E-state index contributed by atoms with van der Waals surface area (Å²) in [5, 5.41) is 13.7. The van der Waals surface area contributed by atoms with Gasteiger partial charge < -0.3 is 10.2 Å². The van der Waals surface area contributed by atoms with Gasteiger partial charge in [0.2, 0.25) is 17.0 Å². The summed E-state index contributed by atoms with van der Waals surface area (Å²) in [4.78, 5) is 31.8. The molecule has 21 heavy (non-hydrogen) atoms. The van der Waals surface area contributed by atoms with Crippen LogP contribution in [0.3, 0.4) is 0 Å². The molecule has 0 aromatic carbocycles. The lowest BCUT2D eigenvalue weighted by atomic mass is 10.1. The highest BCUT2D eigenvalue weighted by molar-refractivity contribution is 6.28. The Labute approximate surface area is 126 Å². The van der Waals surface area contributed by atoms with Crippen molar-refractivity contribution in [3.05, 3.63) is 21.1 Å². The molecule has 2 rings (SSSR count). The van der Waals surface area contributed by atoms with E-state index in [1.807, 2.05) is 0 Å². The number of rotatable bonds is 4. The molecule has 0 aliphatic carbocycles. The summed E-state index contributed by atoms with van der Waals surface area (Å²) in [5.74, 6) is -0.126. The van der Waals surface area contributed by atoms with Gasteiger partial charge in [0.1, 0.15) is 5.69 Å². The number of nitrogens with one attached hydrogen (secondary N) is 1. The normalized spacial score (nSPS) is 14.9. The van der Waals surface area contributed by atoms with Gasteiger partial charge in [-0.2, -0.15) is 4.98 Å². The van der Waals surface area contributed by atoms with Gasteiger partial charge in [0.25, 0.3) is 0 Å². The van der Waals surface area contributed by atoms with E-state index in [1.54, 1.807) is 4.90 Å². The number of piperidine rings is 1. The number of carbonyl (C=O) groups excluding carboxylic acids is 1. The largest absolute Gasteiger partial charge is 0.355 e. The van der Waals surface area contributed by atoms with Gasteiger partial charge in [-0.25, -0.2) is 4.98 Å². The second-order valence-corrected chi connectivity index (χ2v) is 5.17. The zero-order valence-corrected chi connectivity index (χ0v) is 12.4. The molecule has 0 spiro atoms. The zero-order chi connectivity index (χ0) is 15.4. The molecule has 0 radical (unpaired) electrons. The predicted octanol–water partition coefficient (Wildman–Crippen LogP) is 1.77. The molecule has 1 aromatic heterocycles. The van der Waals surface area contributed by atoms with Crippen LogP contribution in [0.15, 0.2) is 0 Å². The number of anilines is 1. The lowest BCUT2D eigenvalue weighted by molar-refractivity contribution is -0.385. The van der Waals surface area contributed by atoms with Crippen LogP contribution in [0.25, 0.3) is 0 Å². The van der Waals surface area contributed by atoms with Crippen LogP contribution < -0.4 is 5.32 Å². The summed E-state index contributed by atoms with van der Waals surface area (Å²) in [6.07, 6.45) is 3.11. The minimum absolute atomic E-state index is 0.0251. The van der Waals surface area contributed by atoms with Gasteiger partial charge in [-0.3, -0.25) is 14.9 Å². The monoisotopic (exact) mass is 313 g/mol. The van der Waals surface area contributed by atoms with Crippen molar-refractivity contribution in [2.75, 3.05) is 25.0 Å². The van der Waals surface area contributed by atoms with Crippen LogP contribution in [0.2, 0.25) is 5.28 Å². The first-order chi connectivity index (χ1) is 9.99. The fourth-order valence-corrected chi connectivity index (χ4v) is 2.50. The van der Waals surface area contributed by atoms with Crippen LogP contribution >= 0.6 is 11.6 Å². The number of hydrogen-bond donors (Lipinski definition) is 1. The van der Waals surface area contributed by atoms with Gasteiger partial charge in [-0.15, -0.1) is 0 Å². The van der Waals surface area contributed by atoms with E-state index >= 15 is 0 Å². The molecular formula is C12H16ClN5O3. The number of hydrogen-bond acceptors (Lipinski definition) is 6. The van der Waals surface area contributed by atoms with Crippen molar-refractivity contribution in [3.8, 4) is 0 Å². The maximum Gasteiger partial charge on any atom is 0.332 e. The second-order valence-electron chi connectivity index (χ2n) is 4.83. The Morgan fingerprint density at radius 2 is 2.05 bits per heavy atom. The molecule has 8 nitrogen and oxygen atoms in total. The number of carbonyl (C=O) groups is 1. The fourth-order valence-electron chi connectivity index (χ4n) is 2.29. The van der Waals surface area contributed by atoms with Crippen molar-refractivity contribution in [1.82, 2.24) is 14.9 Å². The van der Waals surface area contributed by atoms with E-state index in [1.165, 1.54) is 6.92 Å². The summed E-state index contributed by atoms with van der Waals surface area (Å²) >= 11 is 5.71. The molecule has 2 heterocycles. The van der Waals surface area contributed by atoms with E-state index in [2.05, 4.69) is 15.3 Å². The van der Waals surface area contributed by atoms with E-state index in [0.29, 0.717) is 0 Å². The topological polar surface area (TPSA) is 101 Å². The van der Waals surface area contributed by atoms with Crippen molar-refractivity contribution >= 4 is 29.0 Å². The van der Waals surface area contributed by atoms with Gasteiger partial charge >= 0.3 is 5.69 Å². The smallest absolute Gasteiger partial charge is 0.332 e. The van der Waals surface area contributed by atoms with Crippen molar-refractivity contribution in [2.45, 2.75) is 26.2 Å². The van der Waals surface area contributed by atoms with Crippen molar-refractivity contribution in [3.63, 3.8) is 0 Å². The fraction of sp³-hybridized carbons (Fsp3) is 0.583. The Balaban J connectivity index is 2.08. The SMILES string of the molecule is Cc1nc(Cl)nc(NCC(=O)N2CCCCC2)c1[N+](=O)[O-]. The van der Waals surface area contributed by atoms with E-state index in [9.17, 15) is 14.9 Å². The Hall–Kier alpha value is -1.96. The number of aromatic nitrogens is 2. The third-order valence-electron chi connectivity index (χ3n) is 3.33. The molecule has 1 N–H and O–H groups in total. The Bertz CT molecular complexity index is 560. The van der Waals surface area contributed by atoms with E-state index < -0.39 is 4.92 Å². The minimum atomic E-state index is -0.584. The molecule has 0 atom stereocenters. The molecule has 0 unspecified atom stereocenters. The van der Waals surface area contributed by atoms with Crippen molar-refractivity contribution in [1.29, 1.82) is 0 Å². The molecule has 1 aliphatic rings. The average Bonchev–Trinajstić information content (AvgIpc) is 2.44. The standard InChI is InChI=1S/C12H16ClN5O3/c1-8-10(18(20)21)11(16-12(13)15-8)14-7-9(19)17-5-3-2-4-6-17/h2-7H2,1H3,(H,14,15,16). The first-order valence-electron chi connectivity index (χ1n) is 6.69. The summed E-state index contributed by atoms with van der Waals surface area (Å²) < 4.78 is 0. The van der Waals surface area contributed by atoms with Gasteiger partial charge in [-0.05, 0) is 37.8 Å². The first kappa shape index (κ1) is 15.4. The molecule has 0 bridgehead atoms. The Kier molecular flexibility index (Phi) is 4.89. The number of amides is 1. The highest BCUT2D eigenvalue weighted by atomic mass is 35.5. The quantitative estimate of drug-likeness (QED) is 0.516. The number of nitro groups is 1. The van der Waals surface area contributed by atoms with Crippen LogP contribution in [-0.2, 0) is 4.79 Å². The number of halogens is 1. The number of likely N-dealkylation sites (tertiary alicyclic amines) is 1. The second kappa shape index (κ2) is 6.66. The third-order valence-corrected chi connectivity index (χ3v) is 3.50. The molecule has 1 aromatic rings. The zero-order valence-electron chi connectivity index (χ0n) is 11.6. The predicted molar refractivity (Wildman–Crippen MR) is 77.4 cm³/mol. The first-order valence-corrected chi connectivity index (χ1v) is 7.07. The summed E-state index contributed by atoms with van der Waals surface area (Å²) in [5.41, 5.74) is -0.0984. The van der Waals surface area contributed by atoms with Gasteiger partial charge in [0.15, 0.2) is 0 Å². The number of nitrogens with zero attached hydrogens (tertiary/aromatic N) is 4. The molecule has 114 valence electrons. The van der Waals surface area contributed by atoms with E-state index in [0.717, 1.165) is 32.4 Å². The highest BCUT2D eigenvalue weighted by Gasteiger charge is 2.23. The lowest BCUT2D eigenvalue weighted by Gasteiger charge is -2.26. The van der Waals surface area contributed by atoms with E-state index in [-0.39, 0.29) is 34.9 Å². The van der Waals surface area contributed by atoms with Gasteiger partial charge in [-0.1, -0.05) is 0 Å². The molecule has 1 aliphatic heterocycles. The summed E-state index contributed by atoms with van der Waals surface area (Å²) in [7, 11) is 0. The van der Waals surface area contributed by atoms with Crippen LogP contribution in [0.5, 0.6) is 0 Å². The molecule has 9 heteroatoms. The highest BCUT2D eigenvalue weighted by Crippen LogP contribution is 2.26. The minimum Gasteiger partial charge on any atom is -0.355 e. The maximum atomic E-state index is 12.0. The molecule has 1 amide bonds. The molecular weight excluding hydrogens is 298 g/mol. The lowest BCUT2D eigenvalue weighted by Crippen LogP contribution is -2.39. The van der Waals surface area contributed by atoms with Crippen LogP contribution in [0.1, 0.15) is 25.0 Å². The molecule has 1 fully saturated rings.